The number of benzene rings is 1. The fourth-order valence-corrected chi connectivity index (χ4v) is 2.66. The van der Waals surface area contributed by atoms with Crippen LogP contribution in [0.4, 0.5) is 0 Å². The van der Waals surface area contributed by atoms with Gasteiger partial charge in [-0.25, -0.2) is 0 Å². The van der Waals surface area contributed by atoms with Crippen molar-refractivity contribution in [2.24, 2.45) is 5.92 Å². The van der Waals surface area contributed by atoms with Gasteiger partial charge in [-0.1, -0.05) is 17.7 Å². The first-order chi connectivity index (χ1) is 10.5. The molecule has 6 heteroatoms. The number of nitrogens with zero attached hydrogens (tertiary/aromatic N) is 1. The minimum atomic E-state index is -0.199. The van der Waals surface area contributed by atoms with Crippen LogP contribution in [0.25, 0.3) is 0 Å². The van der Waals surface area contributed by atoms with Gasteiger partial charge in [0.2, 0.25) is 0 Å². The van der Waals surface area contributed by atoms with E-state index in [1.807, 2.05) is 13.0 Å². The molecule has 1 amide bonds. The maximum atomic E-state index is 12.2. The molecule has 1 aliphatic rings. The topological polar surface area (TPSA) is 55.8 Å². The lowest BCUT2D eigenvalue weighted by molar-refractivity contribution is -0.149. The Balaban J connectivity index is 1.83. The molecule has 0 atom stereocenters. The van der Waals surface area contributed by atoms with E-state index < -0.39 is 0 Å². The zero-order valence-electron chi connectivity index (χ0n) is 12.8. The Kier molecular flexibility index (Phi) is 5.66. The summed E-state index contributed by atoms with van der Waals surface area (Å²) < 4.78 is 10.2. The number of amides is 1. The molecule has 0 spiro atoms. The SMILES string of the molecule is COC(=O)C1CCN(C(=O)COc2cc(C)ccc2Cl)CC1. The first-order valence-corrected chi connectivity index (χ1v) is 7.63. The predicted octanol–water partition coefficient (Wildman–Crippen LogP) is 2.44. The largest absolute Gasteiger partial charge is 0.482 e. The van der Waals surface area contributed by atoms with E-state index in [9.17, 15) is 9.59 Å². The van der Waals surface area contributed by atoms with E-state index in [1.54, 1.807) is 17.0 Å². The third kappa shape index (κ3) is 4.13. The molecule has 0 saturated carbocycles. The molecule has 120 valence electrons. The van der Waals surface area contributed by atoms with Crippen molar-refractivity contribution in [2.75, 3.05) is 26.8 Å². The average molecular weight is 326 g/mol. The van der Waals surface area contributed by atoms with Gasteiger partial charge in [-0.3, -0.25) is 9.59 Å². The molecule has 0 unspecified atom stereocenters. The summed E-state index contributed by atoms with van der Waals surface area (Å²) in [6.07, 6.45) is 1.26. The summed E-state index contributed by atoms with van der Waals surface area (Å²) in [5.74, 6) is 0.108. The number of hydrogen-bond donors (Lipinski definition) is 0. The van der Waals surface area contributed by atoms with Crippen molar-refractivity contribution in [3.8, 4) is 5.75 Å². The van der Waals surface area contributed by atoms with Crippen molar-refractivity contribution in [3.05, 3.63) is 28.8 Å². The van der Waals surface area contributed by atoms with E-state index in [2.05, 4.69) is 0 Å². The number of carbonyl (C=O) groups is 2. The summed E-state index contributed by atoms with van der Waals surface area (Å²) in [6, 6.07) is 5.44. The van der Waals surface area contributed by atoms with E-state index in [0.29, 0.717) is 36.7 Å². The Morgan fingerprint density at radius 2 is 2.00 bits per heavy atom. The zero-order valence-corrected chi connectivity index (χ0v) is 13.6. The Labute approximate surface area is 135 Å². The molecule has 1 aromatic rings. The van der Waals surface area contributed by atoms with Crippen LogP contribution in [0.15, 0.2) is 18.2 Å². The van der Waals surface area contributed by atoms with Crippen molar-refractivity contribution in [1.82, 2.24) is 4.90 Å². The molecular formula is C16H20ClNO4. The minimum Gasteiger partial charge on any atom is -0.482 e. The fourth-order valence-electron chi connectivity index (χ4n) is 2.48. The number of piperidine rings is 1. The maximum absolute atomic E-state index is 12.2. The number of carbonyl (C=O) groups excluding carboxylic acids is 2. The number of halogens is 1. The number of rotatable bonds is 4. The van der Waals surface area contributed by atoms with Crippen LogP contribution >= 0.6 is 11.6 Å². The molecule has 2 rings (SSSR count). The van der Waals surface area contributed by atoms with Gasteiger partial charge in [0.05, 0.1) is 18.1 Å². The van der Waals surface area contributed by atoms with Gasteiger partial charge in [-0.2, -0.15) is 0 Å². The van der Waals surface area contributed by atoms with Crippen molar-refractivity contribution >= 4 is 23.5 Å². The van der Waals surface area contributed by atoms with Gasteiger partial charge in [0.15, 0.2) is 6.61 Å². The molecule has 0 bridgehead atoms. The lowest BCUT2D eigenvalue weighted by Crippen LogP contribution is -2.42. The second-order valence-electron chi connectivity index (χ2n) is 5.40. The number of likely N-dealkylation sites (tertiary alicyclic amines) is 1. The minimum absolute atomic E-state index is 0.0495. The van der Waals surface area contributed by atoms with Crippen molar-refractivity contribution in [1.29, 1.82) is 0 Å². The number of esters is 1. The van der Waals surface area contributed by atoms with Gasteiger partial charge in [0, 0.05) is 13.1 Å². The standard InChI is InChI=1S/C16H20ClNO4/c1-11-3-4-13(17)14(9-11)22-10-15(19)18-7-5-12(6-8-18)16(20)21-2/h3-4,9,12H,5-8,10H2,1-2H3. The van der Waals surface area contributed by atoms with Gasteiger partial charge in [-0.15, -0.1) is 0 Å². The summed E-state index contributed by atoms with van der Waals surface area (Å²) in [4.78, 5) is 25.3. The Morgan fingerprint density at radius 3 is 2.64 bits per heavy atom. The Morgan fingerprint density at radius 1 is 1.32 bits per heavy atom. The van der Waals surface area contributed by atoms with Crippen LogP contribution in [0.2, 0.25) is 5.02 Å². The molecule has 0 radical (unpaired) electrons. The van der Waals surface area contributed by atoms with Crippen LogP contribution in [-0.2, 0) is 14.3 Å². The Bertz CT molecular complexity index is 553. The maximum Gasteiger partial charge on any atom is 0.308 e. The number of ether oxygens (including phenoxy) is 2. The summed E-state index contributed by atoms with van der Waals surface area (Å²) >= 11 is 6.03. The number of methoxy groups -OCH3 is 1. The lowest BCUT2D eigenvalue weighted by Gasteiger charge is -2.30. The van der Waals surface area contributed by atoms with E-state index in [0.717, 1.165) is 5.56 Å². The molecule has 1 heterocycles. The molecule has 5 nitrogen and oxygen atoms in total. The quantitative estimate of drug-likeness (QED) is 0.798. The smallest absolute Gasteiger partial charge is 0.308 e. The van der Waals surface area contributed by atoms with Gasteiger partial charge < -0.3 is 14.4 Å². The molecule has 1 saturated heterocycles. The fraction of sp³-hybridized carbons (Fsp3) is 0.500. The van der Waals surface area contributed by atoms with Crippen LogP contribution in [0.3, 0.4) is 0 Å². The first-order valence-electron chi connectivity index (χ1n) is 7.26. The van der Waals surface area contributed by atoms with Crippen LogP contribution in [-0.4, -0.2) is 43.6 Å². The van der Waals surface area contributed by atoms with Crippen molar-refractivity contribution < 1.29 is 19.1 Å². The average Bonchev–Trinajstić information content (AvgIpc) is 2.54. The molecule has 0 N–H and O–H groups in total. The molecule has 0 aromatic heterocycles. The summed E-state index contributed by atoms with van der Waals surface area (Å²) in [7, 11) is 1.39. The number of aryl methyl sites for hydroxylation is 1. The van der Waals surface area contributed by atoms with Gasteiger partial charge in [0.25, 0.3) is 5.91 Å². The van der Waals surface area contributed by atoms with Crippen molar-refractivity contribution in [2.45, 2.75) is 19.8 Å². The third-order valence-corrected chi connectivity index (χ3v) is 4.13. The lowest BCUT2D eigenvalue weighted by atomic mass is 9.97. The molecule has 1 aliphatic heterocycles. The second-order valence-corrected chi connectivity index (χ2v) is 5.81. The summed E-state index contributed by atoms with van der Waals surface area (Å²) in [5, 5.41) is 0.489. The second kappa shape index (κ2) is 7.49. The van der Waals surface area contributed by atoms with E-state index in [1.165, 1.54) is 7.11 Å². The van der Waals surface area contributed by atoms with Crippen LogP contribution in [0, 0.1) is 12.8 Å². The highest BCUT2D eigenvalue weighted by atomic mass is 35.5. The van der Waals surface area contributed by atoms with E-state index in [-0.39, 0.29) is 24.4 Å². The highest BCUT2D eigenvalue weighted by Crippen LogP contribution is 2.25. The normalized spacial score (nSPS) is 15.5. The summed E-state index contributed by atoms with van der Waals surface area (Å²) in [6.45, 7) is 2.97. The highest BCUT2D eigenvalue weighted by Gasteiger charge is 2.27. The van der Waals surface area contributed by atoms with E-state index >= 15 is 0 Å². The molecule has 1 aromatic carbocycles. The van der Waals surface area contributed by atoms with Gasteiger partial charge in [-0.05, 0) is 37.5 Å². The monoisotopic (exact) mass is 325 g/mol. The van der Waals surface area contributed by atoms with Crippen LogP contribution in [0.1, 0.15) is 18.4 Å². The number of hydrogen-bond acceptors (Lipinski definition) is 4. The molecule has 22 heavy (non-hydrogen) atoms. The molecular weight excluding hydrogens is 306 g/mol. The molecule has 1 fully saturated rings. The van der Waals surface area contributed by atoms with Crippen LogP contribution in [0.5, 0.6) is 5.75 Å². The van der Waals surface area contributed by atoms with Crippen molar-refractivity contribution in [3.63, 3.8) is 0 Å². The predicted molar refractivity (Wildman–Crippen MR) is 83.0 cm³/mol. The summed E-state index contributed by atoms with van der Waals surface area (Å²) in [5.41, 5.74) is 1.02. The Hall–Kier alpha value is -1.75. The van der Waals surface area contributed by atoms with Gasteiger partial charge in [0.1, 0.15) is 5.75 Å². The third-order valence-electron chi connectivity index (χ3n) is 3.82. The highest BCUT2D eigenvalue weighted by molar-refractivity contribution is 6.32. The molecule has 0 aliphatic carbocycles. The van der Waals surface area contributed by atoms with E-state index in [4.69, 9.17) is 21.1 Å². The first kappa shape index (κ1) is 16.6. The van der Waals surface area contributed by atoms with Gasteiger partial charge >= 0.3 is 5.97 Å². The zero-order chi connectivity index (χ0) is 16.1. The van der Waals surface area contributed by atoms with Crippen LogP contribution < -0.4 is 4.74 Å².